The molecule has 11 nitrogen and oxygen atoms in total. The molecule has 3 rings (SSSR count). The van der Waals surface area contributed by atoms with E-state index in [9.17, 15) is 13.8 Å². The van der Waals surface area contributed by atoms with Crippen LogP contribution in [0.2, 0.25) is 0 Å². The van der Waals surface area contributed by atoms with E-state index in [4.69, 9.17) is 19.9 Å². The highest BCUT2D eigenvalue weighted by molar-refractivity contribution is 7.42. The SMILES string of the molecule is CCOC(=O)CN[P+](=O)COC1C=C(F)C(n2cnc3c(N)ncnc32)O1. The van der Waals surface area contributed by atoms with Gasteiger partial charge in [-0.2, -0.15) is 0 Å². The second kappa shape index (κ2) is 8.44. The number of halogens is 1. The van der Waals surface area contributed by atoms with Gasteiger partial charge >= 0.3 is 13.9 Å². The van der Waals surface area contributed by atoms with Gasteiger partial charge in [0.1, 0.15) is 18.4 Å². The van der Waals surface area contributed by atoms with E-state index in [0.717, 1.165) is 6.08 Å². The standard InChI is InChI=1S/C14H17FN6O5P/c1-2-24-9(22)4-20-27(23)7-25-10-3-8(15)14(26-10)21-6-19-11-12(16)17-5-18-13(11)21/h3,5-6,10,14H,2,4,7H2,1H3,(H,20,23)(H2,16,17,18)/q+1. The quantitative estimate of drug-likeness (QED) is 0.487. The number of imidazole rings is 1. The number of ether oxygens (including phenoxy) is 3. The maximum atomic E-state index is 14.3. The Bertz CT molecular complexity index is 890. The smallest absolute Gasteiger partial charge is 0.461 e. The molecule has 27 heavy (non-hydrogen) atoms. The first-order valence-corrected chi connectivity index (χ1v) is 9.35. The summed E-state index contributed by atoms with van der Waals surface area (Å²) in [7, 11) is -2.06. The summed E-state index contributed by atoms with van der Waals surface area (Å²) in [4.78, 5) is 23.1. The van der Waals surface area contributed by atoms with Crippen LogP contribution < -0.4 is 10.8 Å². The van der Waals surface area contributed by atoms with Crippen molar-refractivity contribution in [2.75, 3.05) is 25.2 Å². The maximum absolute atomic E-state index is 14.3. The third kappa shape index (κ3) is 4.42. The van der Waals surface area contributed by atoms with Crippen molar-refractivity contribution in [2.24, 2.45) is 0 Å². The molecule has 3 heterocycles. The molecule has 0 fully saturated rings. The number of anilines is 1. The topological polar surface area (TPSA) is 143 Å². The number of fused-ring (bicyclic) bond motifs is 1. The minimum atomic E-state index is -2.06. The summed E-state index contributed by atoms with van der Waals surface area (Å²) in [6.07, 6.45) is 1.19. The molecule has 2 aromatic rings. The number of carbonyl (C=O) groups is 1. The first kappa shape index (κ1) is 19.2. The van der Waals surface area contributed by atoms with Gasteiger partial charge in [0.15, 0.2) is 29.8 Å². The van der Waals surface area contributed by atoms with Crippen molar-refractivity contribution < 1.29 is 28.0 Å². The fourth-order valence-corrected chi connectivity index (χ4v) is 3.00. The number of esters is 1. The van der Waals surface area contributed by atoms with Crippen LogP contribution in [0.25, 0.3) is 11.2 Å². The number of nitrogens with one attached hydrogen (secondary N) is 1. The van der Waals surface area contributed by atoms with Gasteiger partial charge in [0, 0.05) is 6.08 Å². The molecule has 0 saturated heterocycles. The Morgan fingerprint density at radius 3 is 3.07 bits per heavy atom. The Hall–Kier alpha value is -2.53. The molecule has 3 N–H and O–H groups in total. The van der Waals surface area contributed by atoms with Gasteiger partial charge in [0.2, 0.25) is 0 Å². The molecule has 0 saturated carbocycles. The van der Waals surface area contributed by atoms with Crippen LogP contribution in [0.4, 0.5) is 10.2 Å². The van der Waals surface area contributed by atoms with E-state index in [2.05, 4.69) is 20.0 Å². The van der Waals surface area contributed by atoms with E-state index >= 15 is 0 Å². The van der Waals surface area contributed by atoms with Gasteiger partial charge < -0.3 is 19.9 Å². The van der Waals surface area contributed by atoms with Crippen molar-refractivity contribution in [3.8, 4) is 0 Å². The Kier molecular flexibility index (Phi) is 6.01. The van der Waals surface area contributed by atoms with Gasteiger partial charge in [-0.25, -0.2) is 19.3 Å². The summed E-state index contributed by atoms with van der Waals surface area (Å²) in [5.74, 6) is -0.984. The fraction of sp³-hybridized carbons (Fsp3) is 0.429. The van der Waals surface area contributed by atoms with Crippen molar-refractivity contribution in [2.45, 2.75) is 19.4 Å². The number of rotatable bonds is 8. The van der Waals surface area contributed by atoms with Crippen molar-refractivity contribution in [1.82, 2.24) is 24.6 Å². The summed E-state index contributed by atoms with van der Waals surface area (Å²) >= 11 is 0. The van der Waals surface area contributed by atoms with E-state index in [1.807, 2.05) is 0 Å². The molecular weight excluding hydrogens is 382 g/mol. The molecule has 1 aliphatic heterocycles. The summed E-state index contributed by atoms with van der Waals surface area (Å²) in [6.45, 7) is 1.68. The first-order chi connectivity index (χ1) is 13.0. The van der Waals surface area contributed by atoms with Crippen LogP contribution >= 0.6 is 7.95 Å². The Labute approximate surface area is 153 Å². The Morgan fingerprint density at radius 1 is 1.48 bits per heavy atom. The lowest BCUT2D eigenvalue weighted by Crippen LogP contribution is -2.21. The molecule has 3 unspecified atom stereocenters. The van der Waals surface area contributed by atoms with Crippen LogP contribution in [-0.2, 0) is 23.6 Å². The van der Waals surface area contributed by atoms with Gasteiger partial charge in [-0.1, -0.05) is 5.09 Å². The van der Waals surface area contributed by atoms with Gasteiger partial charge in [-0.05, 0) is 11.5 Å². The van der Waals surface area contributed by atoms with Crippen LogP contribution in [0.1, 0.15) is 13.2 Å². The molecule has 13 heteroatoms. The summed E-state index contributed by atoms with van der Waals surface area (Å²) in [6, 6.07) is 0. The van der Waals surface area contributed by atoms with E-state index in [1.165, 1.54) is 17.2 Å². The lowest BCUT2D eigenvalue weighted by molar-refractivity contribution is -0.141. The number of hydrogen-bond acceptors (Lipinski definition) is 9. The molecule has 0 amide bonds. The Morgan fingerprint density at radius 2 is 2.30 bits per heavy atom. The highest BCUT2D eigenvalue weighted by Gasteiger charge is 2.33. The van der Waals surface area contributed by atoms with Gasteiger partial charge in [-0.15, -0.1) is 0 Å². The maximum Gasteiger partial charge on any atom is 0.461 e. The average Bonchev–Trinajstić information content (AvgIpc) is 3.22. The molecule has 2 aromatic heterocycles. The summed E-state index contributed by atoms with van der Waals surface area (Å²) < 4.78 is 42.9. The van der Waals surface area contributed by atoms with Crippen molar-refractivity contribution in [1.29, 1.82) is 0 Å². The number of aromatic nitrogens is 4. The van der Waals surface area contributed by atoms with Crippen LogP contribution in [-0.4, -0.2) is 51.3 Å². The molecule has 1 aliphatic rings. The number of nitrogens with zero attached hydrogens (tertiary/aromatic N) is 4. The van der Waals surface area contributed by atoms with Crippen LogP contribution in [0, 0.1) is 0 Å². The summed E-state index contributed by atoms with van der Waals surface area (Å²) in [5, 5.41) is 2.47. The van der Waals surface area contributed by atoms with Crippen molar-refractivity contribution in [3.05, 3.63) is 24.6 Å². The lowest BCUT2D eigenvalue weighted by Gasteiger charge is -2.14. The minimum Gasteiger partial charge on any atom is -0.465 e. The molecule has 0 radical (unpaired) electrons. The van der Waals surface area contributed by atoms with E-state index < -0.39 is 32.3 Å². The minimum absolute atomic E-state index is 0.165. The predicted molar refractivity (Wildman–Crippen MR) is 91.0 cm³/mol. The third-order valence-corrected chi connectivity index (χ3v) is 4.39. The molecule has 144 valence electrons. The number of hydrogen-bond donors (Lipinski definition) is 2. The highest BCUT2D eigenvalue weighted by atomic mass is 31.1. The van der Waals surface area contributed by atoms with Gasteiger partial charge in [-0.3, -0.25) is 9.36 Å². The molecular formula is C14H17FN6O5P+. The van der Waals surface area contributed by atoms with Gasteiger partial charge in [0.25, 0.3) is 6.35 Å². The highest BCUT2D eigenvalue weighted by Crippen LogP contribution is 2.33. The second-order valence-corrected chi connectivity index (χ2v) is 6.64. The normalized spacial score (nSPS) is 19.9. The number of carbonyl (C=O) groups excluding carboxylic acids is 1. The van der Waals surface area contributed by atoms with E-state index in [0.29, 0.717) is 11.2 Å². The van der Waals surface area contributed by atoms with Crippen molar-refractivity contribution in [3.63, 3.8) is 0 Å². The van der Waals surface area contributed by atoms with Crippen molar-refractivity contribution >= 4 is 30.9 Å². The second-order valence-electron chi connectivity index (χ2n) is 5.31. The molecule has 0 spiro atoms. The van der Waals surface area contributed by atoms with Gasteiger partial charge in [0.05, 0.1) is 12.9 Å². The largest absolute Gasteiger partial charge is 0.465 e. The van der Waals surface area contributed by atoms with E-state index in [1.54, 1.807) is 6.92 Å². The fourth-order valence-electron chi connectivity index (χ4n) is 2.32. The predicted octanol–water partition coefficient (Wildman–Crippen LogP) is 0.986. The molecule has 0 aliphatic carbocycles. The third-order valence-electron chi connectivity index (χ3n) is 3.50. The van der Waals surface area contributed by atoms with E-state index in [-0.39, 0.29) is 25.3 Å². The van der Waals surface area contributed by atoms with Crippen LogP contribution in [0.3, 0.4) is 0 Å². The summed E-state index contributed by atoms with van der Waals surface area (Å²) in [5.41, 5.74) is 6.33. The first-order valence-electron chi connectivity index (χ1n) is 7.90. The zero-order valence-corrected chi connectivity index (χ0v) is 15.1. The Balaban J connectivity index is 1.56. The number of nitrogens with two attached hydrogens (primary N) is 1. The van der Waals surface area contributed by atoms with Crippen LogP contribution in [0.5, 0.6) is 0 Å². The molecule has 0 bridgehead atoms. The molecule has 0 aromatic carbocycles. The number of nitrogen functional groups attached to an aromatic ring is 1. The molecule has 3 atom stereocenters. The monoisotopic (exact) mass is 399 g/mol. The lowest BCUT2D eigenvalue weighted by atomic mass is 10.4. The zero-order chi connectivity index (χ0) is 19.4. The average molecular weight is 399 g/mol. The van der Waals surface area contributed by atoms with Crippen LogP contribution in [0.15, 0.2) is 24.6 Å². The zero-order valence-electron chi connectivity index (χ0n) is 14.2.